The zero-order valence-electron chi connectivity index (χ0n) is 15.1. The Morgan fingerprint density at radius 3 is 1.28 bits per heavy atom. The van der Waals surface area contributed by atoms with Crippen molar-refractivity contribution in [1.29, 1.82) is 0 Å². The van der Waals surface area contributed by atoms with Gasteiger partial charge in [-0.2, -0.15) is 0 Å². The molecule has 3 nitrogen and oxygen atoms in total. The monoisotopic (exact) mass is 338 g/mol. The Bertz CT molecular complexity index is 646. The van der Waals surface area contributed by atoms with Gasteiger partial charge in [-0.1, -0.05) is 24.3 Å². The first-order valence-electron chi connectivity index (χ1n) is 9.07. The van der Waals surface area contributed by atoms with Gasteiger partial charge in [0.15, 0.2) is 0 Å². The van der Waals surface area contributed by atoms with E-state index >= 15 is 0 Å². The molecule has 2 aromatic rings. The van der Waals surface area contributed by atoms with Crippen LogP contribution in [0.3, 0.4) is 0 Å². The number of methoxy groups -OCH3 is 2. The van der Waals surface area contributed by atoms with Gasteiger partial charge in [-0.05, 0) is 61.1 Å². The summed E-state index contributed by atoms with van der Waals surface area (Å²) in [5.74, 6) is 1.83. The normalized spacial score (nSPS) is 19.3. The van der Waals surface area contributed by atoms with Crippen molar-refractivity contribution in [2.24, 2.45) is 0 Å². The van der Waals surface area contributed by atoms with E-state index in [-0.39, 0.29) is 10.8 Å². The lowest BCUT2D eigenvalue weighted by Crippen LogP contribution is -2.21. The van der Waals surface area contributed by atoms with Crippen LogP contribution in [-0.2, 0) is 15.6 Å². The maximum Gasteiger partial charge on any atom is 0.118 e. The van der Waals surface area contributed by atoms with Gasteiger partial charge in [0, 0.05) is 10.8 Å². The summed E-state index contributed by atoms with van der Waals surface area (Å²) in [6.45, 7) is 1.63. The van der Waals surface area contributed by atoms with E-state index in [0.29, 0.717) is 0 Å². The van der Waals surface area contributed by atoms with Gasteiger partial charge >= 0.3 is 0 Å². The van der Waals surface area contributed by atoms with Crippen molar-refractivity contribution in [3.63, 3.8) is 0 Å². The highest BCUT2D eigenvalue weighted by molar-refractivity contribution is 5.37. The molecule has 2 fully saturated rings. The second-order valence-electron chi connectivity index (χ2n) is 7.51. The average molecular weight is 338 g/mol. The number of hydrogen-bond acceptors (Lipinski definition) is 3. The van der Waals surface area contributed by atoms with Crippen LogP contribution >= 0.6 is 0 Å². The summed E-state index contributed by atoms with van der Waals surface area (Å²) < 4.78 is 16.8. The van der Waals surface area contributed by atoms with E-state index in [9.17, 15) is 0 Å². The Morgan fingerprint density at radius 2 is 1.00 bits per heavy atom. The highest BCUT2D eigenvalue weighted by atomic mass is 16.5. The highest BCUT2D eigenvalue weighted by Gasteiger charge is 2.48. The Balaban J connectivity index is 1.36. The van der Waals surface area contributed by atoms with Gasteiger partial charge in [0.05, 0.1) is 27.4 Å². The van der Waals surface area contributed by atoms with Gasteiger partial charge in [-0.15, -0.1) is 0 Å². The minimum absolute atomic E-state index is 0.224. The SMILES string of the molecule is COc1ccc(C2(COCC3(c4ccc(OC)cc4)CC3)CC2)cc1. The van der Waals surface area contributed by atoms with E-state index < -0.39 is 0 Å². The lowest BCUT2D eigenvalue weighted by atomic mass is 9.95. The zero-order chi connectivity index (χ0) is 17.3. The fraction of sp³-hybridized carbons (Fsp3) is 0.455. The van der Waals surface area contributed by atoms with Crippen molar-refractivity contribution in [2.45, 2.75) is 36.5 Å². The van der Waals surface area contributed by atoms with E-state index in [0.717, 1.165) is 24.7 Å². The van der Waals surface area contributed by atoms with Gasteiger partial charge in [0.1, 0.15) is 11.5 Å². The Kier molecular flexibility index (Phi) is 4.20. The van der Waals surface area contributed by atoms with E-state index in [4.69, 9.17) is 14.2 Å². The molecule has 0 heterocycles. The fourth-order valence-electron chi connectivity index (χ4n) is 3.67. The van der Waals surface area contributed by atoms with Crippen molar-refractivity contribution < 1.29 is 14.2 Å². The van der Waals surface area contributed by atoms with E-state index in [1.807, 2.05) is 0 Å². The standard InChI is InChI=1S/C22H26O3/c1-23-19-7-3-17(4-8-19)21(11-12-21)15-25-16-22(13-14-22)18-5-9-20(24-2)10-6-18/h3-10H,11-16H2,1-2H3. The molecule has 0 spiro atoms. The molecule has 132 valence electrons. The second kappa shape index (κ2) is 6.38. The molecule has 0 aliphatic heterocycles. The van der Waals surface area contributed by atoms with Gasteiger partial charge in [-0.25, -0.2) is 0 Å². The summed E-state index contributed by atoms with van der Waals surface area (Å²) in [7, 11) is 3.42. The molecule has 2 aliphatic carbocycles. The molecule has 0 aromatic heterocycles. The minimum atomic E-state index is 0.224. The third kappa shape index (κ3) is 3.25. The van der Waals surface area contributed by atoms with Crippen molar-refractivity contribution >= 4 is 0 Å². The van der Waals surface area contributed by atoms with E-state index in [2.05, 4.69) is 48.5 Å². The first-order valence-corrected chi connectivity index (χ1v) is 9.07. The molecule has 4 rings (SSSR count). The van der Waals surface area contributed by atoms with Crippen LogP contribution in [0.2, 0.25) is 0 Å². The predicted octanol–water partition coefficient (Wildman–Crippen LogP) is 4.48. The maximum atomic E-state index is 6.25. The van der Waals surface area contributed by atoms with Crippen molar-refractivity contribution in [3.05, 3.63) is 59.7 Å². The van der Waals surface area contributed by atoms with Crippen LogP contribution in [0.25, 0.3) is 0 Å². The third-order valence-corrected chi connectivity index (χ3v) is 5.87. The second-order valence-corrected chi connectivity index (χ2v) is 7.51. The molecule has 0 saturated heterocycles. The molecular formula is C22H26O3. The molecule has 0 atom stereocenters. The summed E-state index contributed by atoms with van der Waals surface area (Å²) in [5.41, 5.74) is 3.20. The first-order chi connectivity index (χ1) is 12.2. The maximum absolute atomic E-state index is 6.25. The topological polar surface area (TPSA) is 27.7 Å². The smallest absolute Gasteiger partial charge is 0.118 e. The molecule has 2 saturated carbocycles. The van der Waals surface area contributed by atoms with Gasteiger partial charge in [-0.3, -0.25) is 0 Å². The average Bonchev–Trinajstić information content (AvgIpc) is 3.59. The van der Waals surface area contributed by atoms with Crippen LogP contribution in [0.4, 0.5) is 0 Å². The van der Waals surface area contributed by atoms with E-state index in [1.165, 1.54) is 36.8 Å². The molecule has 0 N–H and O–H groups in total. The predicted molar refractivity (Wildman–Crippen MR) is 98.6 cm³/mol. The van der Waals surface area contributed by atoms with Crippen LogP contribution in [0.1, 0.15) is 36.8 Å². The molecule has 2 aliphatic rings. The largest absolute Gasteiger partial charge is 0.497 e. The zero-order valence-corrected chi connectivity index (χ0v) is 15.1. The van der Waals surface area contributed by atoms with Crippen LogP contribution in [-0.4, -0.2) is 27.4 Å². The number of hydrogen-bond donors (Lipinski definition) is 0. The Hall–Kier alpha value is -2.00. The van der Waals surface area contributed by atoms with E-state index in [1.54, 1.807) is 14.2 Å². The summed E-state index contributed by atoms with van der Waals surface area (Å²) >= 11 is 0. The van der Waals surface area contributed by atoms with Crippen LogP contribution in [0.15, 0.2) is 48.5 Å². The molecule has 0 unspecified atom stereocenters. The summed E-state index contributed by atoms with van der Waals surface area (Å²) in [5, 5.41) is 0. The summed E-state index contributed by atoms with van der Waals surface area (Å²) in [4.78, 5) is 0. The van der Waals surface area contributed by atoms with Gasteiger partial charge < -0.3 is 14.2 Å². The molecule has 0 radical (unpaired) electrons. The van der Waals surface area contributed by atoms with Crippen LogP contribution in [0, 0.1) is 0 Å². The molecular weight excluding hydrogens is 312 g/mol. The van der Waals surface area contributed by atoms with Gasteiger partial charge in [0.2, 0.25) is 0 Å². The van der Waals surface area contributed by atoms with Crippen molar-refractivity contribution in [2.75, 3.05) is 27.4 Å². The third-order valence-electron chi connectivity index (χ3n) is 5.87. The summed E-state index contributed by atoms with van der Waals surface area (Å²) in [6, 6.07) is 16.9. The fourth-order valence-corrected chi connectivity index (χ4v) is 3.67. The van der Waals surface area contributed by atoms with Gasteiger partial charge in [0.25, 0.3) is 0 Å². The Morgan fingerprint density at radius 1 is 0.640 bits per heavy atom. The quantitative estimate of drug-likeness (QED) is 0.710. The lowest BCUT2D eigenvalue weighted by molar-refractivity contribution is 0.0945. The molecule has 0 amide bonds. The number of ether oxygens (including phenoxy) is 3. The molecule has 25 heavy (non-hydrogen) atoms. The molecule has 3 heteroatoms. The van der Waals surface area contributed by atoms with Crippen LogP contribution in [0.5, 0.6) is 11.5 Å². The number of benzene rings is 2. The molecule has 2 aromatic carbocycles. The molecule has 0 bridgehead atoms. The van der Waals surface area contributed by atoms with Crippen LogP contribution < -0.4 is 9.47 Å². The first kappa shape index (κ1) is 16.5. The summed E-state index contributed by atoms with van der Waals surface area (Å²) in [6.07, 6.45) is 4.87. The highest BCUT2D eigenvalue weighted by Crippen LogP contribution is 2.51. The van der Waals surface area contributed by atoms with Crippen molar-refractivity contribution in [1.82, 2.24) is 0 Å². The Labute approximate surface area is 149 Å². The lowest BCUT2D eigenvalue weighted by Gasteiger charge is -2.20. The van der Waals surface area contributed by atoms with Crippen molar-refractivity contribution in [3.8, 4) is 11.5 Å². The minimum Gasteiger partial charge on any atom is -0.497 e. The number of rotatable bonds is 8.